The van der Waals surface area contributed by atoms with Crippen molar-refractivity contribution in [1.29, 1.82) is 0 Å². The minimum atomic E-state index is -0.679. The molecule has 1 aromatic heterocycles. The summed E-state index contributed by atoms with van der Waals surface area (Å²) in [5, 5.41) is 1.89. The number of carbonyl (C=O) groups is 2. The third kappa shape index (κ3) is 5.09. The molecule has 0 N–H and O–H groups in total. The summed E-state index contributed by atoms with van der Waals surface area (Å²) < 4.78 is 34.4. The van der Waals surface area contributed by atoms with Crippen molar-refractivity contribution in [3.63, 3.8) is 0 Å². The van der Waals surface area contributed by atoms with Gasteiger partial charge in [-0.2, -0.15) is 0 Å². The number of esters is 1. The van der Waals surface area contributed by atoms with Gasteiger partial charge in [0.15, 0.2) is 11.8 Å². The molecule has 35 heavy (non-hydrogen) atoms. The Morgan fingerprint density at radius 3 is 2.43 bits per heavy atom. The van der Waals surface area contributed by atoms with Crippen LogP contribution in [0.3, 0.4) is 0 Å². The zero-order chi connectivity index (χ0) is 24.4. The number of thiophene rings is 1. The monoisotopic (exact) mass is 495 g/mol. The molecule has 0 saturated carbocycles. The van der Waals surface area contributed by atoms with E-state index in [-0.39, 0.29) is 29.2 Å². The van der Waals surface area contributed by atoms with E-state index in [1.54, 1.807) is 6.07 Å². The number of para-hydroxylation sites is 1. The molecule has 0 unspecified atom stereocenters. The minimum absolute atomic E-state index is 0.00253. The Bertz CT molecular complexity index is 1250. The van der Waals surface area contributed by atoms with Crippen LogP contribution in [-0.2, 0) is 9.53 Å². The lowest BCUT2D eigenvalue weighted by atomic mass is 9.83. The fourth-order valence-corrected chi connectivity index (χ4v) is 5.75. The van der Waals surface area contributed by atoms with Crippen molar-refractivity contribution in [2.24, 2.45) is 10.9 Å². The van der Waals surface area contributed by atoms with E-state index >= 15 is 0 Å². The largest absolute Gasteiger partial charge is 0.451 e. The number of hydrogen-bond acceptors (Lipinski definition) is 5. The standard InChI is InChI=1S/C27H25F2N2O3S/c28-20-9-7-19(8-10-20)26(30-22-5-2-1-4-21(22)29)27(33)34-24-17-31(13-11-18(24)12-14-31)16-23(32)25-6-3-15-35-25/h1-10,15,18,24H,11-14,16-17H2/q+1/t18?,24-,31?/m0/s1. The van der Waals surface area contributed by atoms with Gasteiger partial charge in [-0.05, 0) is 47.8 Å². The van der Waals surface area contributed by atoms with Crippen LogP contribution in [0.15, 0.2) is 71.0 Å². The first-order chi connectivity index (χ1) is 16.9. The first-order valence-electron chi connectivity index (χ1n) is 11.6. The van der Waals surface area contributed by atoms with Gasteiger partial charge in [-0.15, -0.1) is 11.3 Å². The normalized spacial score (nSPS) is 23.8. The number of ether oxygens (including phenoxy) is 1. The molecule has 3 fully saturated rings. The van der Waals surface area contributed by atoms with Crippen LogP contribution in [0.5, 0.6) is 0 Å². The molecule has 0 amide bonds. The van der Waals surface area contributed by atoms with Gasteiger partial charge in [0.05, 0.1) is 23.7 Å². The second kappa shape index (κ2) is 9.79. The van der Waals surface area contributed by atoms with Gasteiger partial charge >= 0.3 is 5.97 Å². The van der Waals surface area contributed by atoms with Gasteiger partial charge in [-0.25, -0.2) is 18.6 Å². The molecule has 4 heterocycles. The number of benzene rings is 2. The van der Waals surface area contributed by atoms with Crippen LogP contribution in [0, 0.1) is 17.6 Å². The number of Topliss-reactive ketones (excluding diaryl/α,β-unsaturated/α-hetero) is 1. The van der Waals surface area contributed by atoms with E-state index < -0.39 is 17.6 Å². The Kier molecular flexibility index (Phi) is 6.58. The molecule has 3 aromatic rings. The molecule has 0 aliphatic carbocycles. The second-order valence-corrected chi connectivity index (χ2v) is 10.2. The summed E-state index contributed by atoms with van der Waals surface area (Å²) >= 11 is 1.44. The molecular formula is C27H25F2N2O3S+. The van der Waals surface area contributed by atoms with Gasteiger partial charge in [0, 0.05) is 24.3 Å². The van der Waals surface area contributed by atoms with Gasteiger partial charge < -0.3 is 9.22 Å². The van der Waals surface area contributed by atoms with Crippen LogP contribution in [0.4, 0.5) is 14.5 Å². The van der Waals surface area contributed by atoms with Crippen molar-refractivity contribution in [3.8, 4) is 0 Å². The molecule has 5 nitrogen and oxygen atoms in total. The molecule has 3 aliphatic heterocycles. The number of halogens is 2. The van der Waals surface area contributed by atoms with Gasteiger partial charge in [0.1, 0.15) is 24.7 Å². The molecule has 8 heteroatoms. The lowest BCUT2D eigenvalue weighted by molar-refractivity contribution is -0.938. The van der Waals surface area contributed by atoms with Crippen molar-refractivity contribution in [1.82, 2.24) is 0 Å². The highest BCUT2D eigenvalue weighted by molar-refractivity contribution is 7.12. The van der Waals surface area contributed by atoms with Crippen LogP contribution in [0.1, 0.15) is 28.1 Å². The average molecular weight is 496 g/mol. The summed E-state index contributed by atoms with van der Waals surface area (Å²) in [6, 6.07) is 14.9. The van der Waals surface area contributed by atoms with E-state index in [1.165, 1.54) is 53.8 Å². The molecule has 3 aliphatic rings. The van der Waals surface area contributed by atoms with E-state index in [4.69, 9.17) is 4.74 Å². The molecule has 180 valence electrons. The lowest BCUT2D eigenvalue weighted by Gasteiger charge is -2.51. The molecule has 0 radical (unpaired) electrons. The SMILES string of the molecule is O=C(O[C@H]1C[N+]2(CC(=O)c3cccs3)CCC1CC2)C(=Nc1ccccc1F)c1ccc(F)cc1. The maximum atomic E-state index is 14.3. The molecule has 3 saturated heterocycles. The zero-order valence-corrected chi connectivity index (χ0v) is 19.8. The summed E-state index contributed by atoms with van der Waals surface area (Å²) in [6.07, 6.45) is 1.37. The van der Waals surface area contributed by atoms with Crippen molar-refractivity contribution < 1.29 is 27.6 Å². The fourth-order valence-electron chi connectivity index (χ4n) is 5.09. The van der Waals surface area contributed by atoms with Crippen molar-refractivity contribution >= 4 is 34.5 Å². The number of aliphatic imine (C=N–C) groups is 1. The Balaban J connectivity index is 1.38. The Morgan fingerprint density at radius 2 is 1.74 bits per heavy atom. The van der Waals surface area contributed by atoms with E-state index in [0.29, 0.717) is 23.1 Å². The van der Waals surface area contributed by atoms with Crippen LogP contribution in [-0.4, -0.2) is 54.2 Å². The topological polar surface area (TPSA) is 55.7 Å². The van der Waals surface area contributed by atoms with Crippen LogP contribution in [0.25, 0.3) is 0 Å². The summed E-state index contributed by atoms with van der Waals surface area (Å²) in [5.41, 5.74) is 0.271. The highest BCUT2D eigenvalue weighted by Crippen LogP contribution is 2.36. The number of quaternary nitrogens is 1. The lowest BCUT2D eigenvalue weighted by Crippen LogP contribution is -2.65. The predicted octanol–water partition coefficient (Wildman–Crippen LogP) is 5.18. The van der Waals surface area contributed by atoms with Gasteiger partial charge in [0.25, 0.3) is 0 Å². The highest BCUT2D eigenvalue weighted by atomic mass is 32.1. The summed E-state index contributed by atoms with van der Waals surface area (Å²) in [4.78, 5) is 31.2. The summed E-state index contributed by atoms with van der Waals surface area (Å²) in [7, 11) is 0. The number of nitrogens with zero attached hydrogens (tertiary/aromatic N) is 2. The van der Waals surface area contributed by atoms with Crippen LogP contribution >= 0.6 is 11.3 Å². The molecule has 2 bridgehead atoms. The smallest absolute Gasteiger partial charge is 0.358 e. The van der Waals surface area contributed by atoms with E-state index in [1.807, 2.05) is 17.5 Å². The number of hydrogen-bond donors (Lipinski definition) is 0. The maximum Gasteiger partial charge on any atom is 0.358 e. The minimum Gasteiger partial charge on any atom is -0.451 e. The van der Waals surface area contributed by atoms with Crippen molar-refractivity contribution in [3.05, 3.63) is 88.1 Å². The molecule has 2 aromatic carbocycles. The maximum absolute atomic E-state index is 14.3. The highest BCUT2D eigenvalue weighted by Gasteiger charge is 2.48. The third-order valence-electron chi connectivity index (χ3n) is 6.97. The van der Waals surface area contributed by atoms with Gasteiger partial charge in [-0.3, -0.25) is 4.79 Å². The van der Waals surface area contributed by atoms with Gasteiger partial charge in [-0.1, -0.05) is 18.2 Å². The summed E-state index contributed by atoms with van der Waals surface area (Å²) in [5.74, 6) is -1.38. The number of rotatable bonds is 7. The van der Waals surface area contributed by atoms with E-state index in [2.05, 4.69) is 4.99 Å². The molecule has 1 atom stereocenters. The van der Waals surface area contributed by atoms with E-state index in [0.717, 1.165) is 30.8 Å². The van der Waals surface area contributed by atoms with Crippen molar-refractivity contribution in [2.45, 2.75) is 18.9 Å². The molecule has 6 rings (SSSR count). The number of piperidine rings is 3. The third-order valence-corrected chi connectivity index (χ3v) is 7.88. The molecular weight excluding hydrogens is 470 g/mol. The Hall–Kier alpha value is -3.23. The van der Waals surface area contributed by atoms with Crippen LogP contribution in [0.2, 0.25) is 0 Å². The first-order valence-corrected chi connectivity index (χ1v) is 12.5. The first kappa shape index (κ1) is 23.5. The van der Waals surface area contributed by atoms with Gasteiger partial charge in [0.2, 0.25) is 5.78 Å². The number of fused-ring (bicyclic) bond motifs is 3. The average Bonchev–Trinajstić information content (AvgIpc) is 3.40. The number of carbonyl (C=O) groups excluding carboxylic acids is 2. The van der Waals surface area contributed by atoms with Crippen LogP contribution < -0.4 is 0 Å². The Labute approximate surface area is 206 Å². The fraction of sp³-hybridized carbons (Fsp3) is 0.296. The number of ketones is 1. The quantitative estimate of drug-likeness (QED) is 0.196. The van der Waals surface area contributed by atoms with Crippen molar-refractivity contribution in [2.75, 3.05) is 26.2 Å². The Morgan fingerprint density at radius 1 is 1.00 bits per heavy atom. The van der Waals surface area contributed by atoms with E-state index in [9.17, 15) is 18.4 Å². The summed E-state index contributed by atoms with van der Waals surface area (Å²) in [6.45, 7) is 2.70. The second-order valence-electron chi connectivity index (χ2n) is 9.23. The molecule has 0 spiro atoms. The predicted molar refractivity (Wildman–Crippen MR) is 130 cm³/mol. The zero-order valence-electron chi connectivity index (χ0n) is 19.0.